The molecule has 4 heteroatoms. The number of ether oxygens (including phenoxy) is 1. The Labute approximate surface area is 78.4 Å². The van der Waals surface area contributed by atoms with Crippen LogP contribution in [-0.4, -0.2) is 7.11 Å². The molecule has 0 heterocycles. The summed E-state index contributed by atoms with van der Waals surface area (Å²) in [7, 11) is 1.55. The van der Waals surface area contributed by atoms with Crippen LogP contribution in [0.25, 0.3) is 0 Å². The zero-order valence-electron chi connectivity index (χ0n) is 5.90. The van der Waals surface area contributed by atoms with Crippen LogP contribution in [0.4, 0.5) is 5.69 Å². The summed E-state index contributed by atoms with van der Waals surface area (Å²) in [5.41, 5.74) is 6.16. The molecule has 2 N–H and O–H groups in total. The van der Waals surface area contributed by atoms with Crippen molar-refractivity contribution in [2.75, 3.05) is 12.8 Å². The number of hydrogen-bond donors (Lipinski definition) is 1. The first-order chi connectivity index (χ1) is 5.15. The van der Waals surface area contributed by atoms with Crippen LogP contribution in [0.15, 0.2) is 16.6 Å². The Morgan fingerprint density at radius 2 is 2.18 bits per heavy atom. The number of methoxy groups -OCH3 is 1. The smallest absolute Gasteiger partial charge is 0.140 e. The first-order valence-electron chi connectivity index (χ1n) is 2.93. The van der Waals surface area contributed by atoms with Crippen LogP contribution in [0.2, 0.25) is 5.02 Å². The van der Waals surface area contributed by atoms with Gasteiger partial charge in [-0.15, -0.1) is 0 Å². The number of nitrogens with two attached hydrogens (primary N) is 1. The van der Waals surface area contributed by atoms with Crippen LogP contribution in [0.5, 0.6) is 5.75 Å². The third-order valence-electron chi connectivity index (χ3n) is 1.24. The maximum atomic E-state index is 5.84. The first kappa shape index (κ1) is 8.68. The molecule has 0 aliphatic heterocycles. The Morgan fingerprint density at radius 1 is 1.55 bits per heavy atom. The Bertz CT molecular complexity index is 277. The van der Waals surface area contributed by atoms with E-state index in [-0.39, 0.29) is 0 Å². The second kappa shape index (κ2) is 3.32. The van der Waals surface area contributed by atoms with Crippen molar-refractivity contribution < 1.29 is 4.74 Å². The van der Waals surface area contributed by atoms with Gasteiger partial charge in [-0.3, -0.25) is 0 Å². The SMILES string of the molecule is COc1cc(N)cc(Br)c1Cl. The molecule has 11 heavy (non-hydrogen) atoms. The zero-order chi connectivity index (χ0) is 8.43. The lowest BCUT2D eigenvalue weighted by Gasteiger charge is -2.05. The summed E-state index contributed by atoms with van der Waals surface area (Å²) < 4.78 is 5.71. The van der Waals surface area contributed by atoms with E-state index in [2.05, 4.69) is 15.9 Å². The van der Waals surface area contributed by atoms with E-state index in [1.165, 1.54) is 0 Å². The van der Waals surface area contributed by atoms with Crippen molar-refractivity contribution >= 4 is 33.2 Å². The van der Waals surface area contributed by atoms with Crippen LogP contribution in [0.1, 0.15) is 0 Å². The van der Waals surface area contributed by atoms with Gasteiger partial charge in [0.15, 0.2) is 0 Å². The molecule has 2 nitrogen and oxygen atoms in total. The van der Waals surface area contributed by atoms with Crippen LogP contribution < -0.4 is 10.5 Å². The van der Waals surface area contributed by atoms with Gasteiger partial charge in [0.1, 0.15) is 5.75 Å². The lowest BCUT2D eigenvalue weighted by atomic mass is 10.3. The fourth-order valence-corrected chi connectivity index (χ4v) is 1.38. The predicted molar refractivity (Wildman–Crippen MR) is 50.1 cm³/mol. The van der Waals surface area contributed by atoms with E-state index in [0.717, 1.165) is 4.47 Å². The van der Waals surface area contributed by atoms with E-state index in [1.807, 2.05) is 0 Å². The van der Waals surface area contributed by atoms with Crippen molar-refractivity contribution in [3.63, 3.8) is 0 Å². The number of halogens is 2. The standard InChI is InChI=1S/C7H7BrClNO/c1-11-6-3-4(10)2-5(8)7(6)9/h2-3H,10H2,1H3. The Balaban J connectivity index is 3.24. The van der Waals surface area contributed by atoms with Crippen LogP contribution in [0, 0.1) is 0 Å². The molecular formula is C7H7BrClNO. The average Bonchev–Trinajstić information content (AvgIpc) is 1.96. The van der Waals surface area contributed by atoms with Gasteiger partial charge in [0, 0.05) is 16.2 Å². The summed E-state index contributed by atoms with van der Waals surface area (Å²) in [5, 5.41) is 0.543. The number of hydrogen-bond acceptors (Lipinski definition) is 2. The molecule has 0 saturated carbocycles. The van der Waals surface area contributed by atoms with Crippen molar-refractivity contribution in [2.45, 2.75) is 0 Å². The highest BCUT2D eigenvalue weighted by atomic mass is 79.9. The zero-order valence-corrected chi connectivity index (χ0v) is 8.24. The fraction of sp³-hybridized carbons (Fsp3) is 0.143. The quantitative estimate of drug-likeness (QED) is 0.761. The molecule has 0 saturated heterocycles. The fourth-order valence-electron chi connectivity index (χ4n) is 0.732. The molecule has 0 unspecified atom stereocenters. The predicted octanol–water partition coefficient (Wildman–Crippen LogP) is 2.69. The second-order valence-electron chi connectivity index (χ2n) is 2.02. The molecule has 60 valence electrons. The highest BCUT2D eigenvalue weighted by Crippen LogP contribution is 2.34. The monoisotopic (exact) mass is 235 g/mol. The molecule has 0 bridgehead atoms. The van der Waals surface area contributed by atoms with E-state index in [0.29, 0.717) is 16.5 Å². The van der Waals surface area contributed by atoms with Crippen LogP contribution in [0.3, 0.4) is 0 Å². The highest BCUT2D eigenvalue weighted by Gasteiger charge is 2.04. The summed E-state index contributed by atoms with van der Waals surface area (Å²) in [6.07, 6.45) is 0. The van der Waals surface area contributed by atoms with E-state index in [9.17, 15) is 0 Å². The van der Waals surface area contributed by atoms with Gasteiger partial charge in [0.05, 0.1) is 12.1 Å². The Hall–Kier alpha value is -0.410. The van der Waals surface area contributed by atoms with Gasteiger partial charge < -0.3 is 10.5 Å². The molecule has 0 spiro atoms. The third kappa shape index (κ3) is 1.79. The summed E-state index contributed by atoms with van der Waals surface area (Å²) in [5.74, 6) is 0.582. The maximum absolute atomic E-state index is 5.84. The number of rotatable bonds is 1. The highest BCUT2D eigenvalue weighted by molar-refractivity contribution is 9.10. The molecule has 0 aliphatic rings. The summed E-state index contributed by atoms with van der Waals surface area (Å²) in [6, 6.07) is 3.40. The van der Waals surface area contributed by atoms with Crippen molar-refractivity contribution in [1.82, 2.24) is 0 Å². The summed E-state index contributed by atoms with van der Waals surface area (Å²) in [4.78, 5) is 0. The molecule has 0 radical (unpaired) electrons. The lowest BCUT2D eigenvalue weighted by Crippen LogP contribution is -1.89. The minimum absolute atomic E-state index is 0.543. The van der Waals surface area contributed by atoms with Crippen molar-refractivity contribution in [3.8, 4) is 5.75 Å². The van der Waals surface area contributed by atoms with Crippen LogP contribution in [-0.2, 0) is 0 Å². The van der Waals surface area contributed by atoms with E-state index >= 15 is 0 Å². The maximum Gasteiger partial charge on any atom is 0.140 e. The van der Waals surface area contributed by atoms with Crippen molar-refractivity contribution in [1.29, 1.82) is 0 Å². The Morgan fingerprint density at radius 3 is 2.73 bits per heavy atom. The number of anilines is 1. The molecule has 1 rings (SSSR count). The molecule has 0 aliphatic carbocycles. The topological polar surface area (TPSA) is 35.2 Å². The molecular weight excluding hydrogens is 229 g/mol. The molecule has 0 aromatic heterocycles. The van der Waals surface area contributed by atoms with Gasteiger partial charge in [0.2, 0.25) is 0 Å². The van der Waals surface area contributed by atoms with E-state index in [4.69, 9.17) is 22.1 Å². The van der Waals surface area contributed by atoms with Gasteiger partial charge >= 0.3 is 0 Å². The van der Waals surface area contributed by atoms with Gasteiger partial charge in [-0.05, 0) is 22.0 Å². The number of nitrogen functional groups attached to an aromatic ring is 1. The molecule has 1 aromatic carbocycles. The molecule has 0 atom stereocenters. The molecule has 0 fully saturated rings. The first-order valence-corrected chi connectivity index (χ1v) is 4.10. The number of benzene rings is 1. The molecule has 0 amide bonds. The van der Waals surface area contributed by atoms with Gasteiger partial charge in [-0.2, -0.15) is 0 Å². The van der Waals surface area contributed by atoms with Gasteiger partial charge in [-0.1, -0.05) is 11.6 Å². The lowest BCUT2D eigenvalue weighted by molar-refractivity contribution is 0.415. The minimum atomic E-state index is 0.543. The van der Waals surface area contributed by atoms with E-state index < -0.39 is 0 Å². The normalized spacial score (nSPS) is 9.73. The van der Waals surface area contributed by atoms with Gasteiger partial charge in [0.25, 0.3) is 0 Å². The van der Waals surface area contributed by atoms with E-state index in [1.54, 1.807) is 19.2 Å². The van der Waals surface area contributed by atoms with Crippen LogP contribution >= 0.6 is 27.5 Å². The largest absolute Gasteiger partial charge is 0.495 e. The summed E-state index contributed by atoms with van der Waals surface area (Å²) in [6.45, 7) is 0. The summed E-state index contributed by atoms with van der Waals surface area (Å²) >= 11 is 9.08. The van der Waals surface area contributed by atoms with Crippen molar-refractivity contribution in [3.05, 3.63) is 21.6 Å². The van der Waals surface area contributed by atoms with Crippen molar-refractivity contribution in [2.24, 2.45) is 0 Å². The second-order valence-corrected chi connectivity index (χ2v) is 3.25. The Kier molecular flexibility index (Phi) is 2.62. The molecule has 1 aromatic rings. The average molecular weight is 236 g/mol. The minimum Gasteiger partial charge on any atom is -0.495 e. The third-order valence-corrected chi connectivity index (χ3v) is 2.48. The van der Waals surface area contributed by atoms with Gasteiger partial charge in [-0.25, -0.2) is 0 Å².